The lowest BCUT2D eigenvalue weighted by molar-refractivity contribution is 0.0494. The van der Waals surface area contributed by atoms with E-state index in [1.807, 2.05) is 12.1 Å². The number of hydrogen-bond acceptors (Lipinski definition) is 3. The van der Waals surface area contributed by atoms with Crippen molar-refractivity contribution in [2.45, 2.75) is 12.8 Å². The van der Waals surface area contributed by atoms with Gasteiger partial charge in [-0.3, -0.25) is 4.79 Å². The number of carbonyl (C=O) groups excluding carboxylic acids is 2. The predicted octanol–water partition coefficient (Wildman–Crippen LogP) is 5.58. The first-order valence-corrected chi connectivity index (χ1v) is 8.43. The van der Waals surface area contributed by atoms with Crippen molar-refractivity contribution in [2.24, 2.45) is 0 Å². The fourth-order valence-electron chi connectivity index (χ4n) is 1.91. The van der Waals surface area contributed by atoms with Gasteiger partial charge in [0.2, 0.25) is 0 Å². The van der Waals surface area contributed by atoms with Gasteiger partial charge in [-0.15, -0.1) is 0 Å². The molecule has 0 aliphatic carbocycles. The highest BCUT2D eigenvalue weighted by Crippen LogP contribution is 2.21. The lowest BCUT2D eigenvalue weighted by Crippen LogP contribution is -2.09. The zero-order valence-electron chi connectivity index (χ0n) is 12.0. The summed E-state index contributed by atoms with van der Waals surface area (Å²) in [7, 11) is 0. The number of Topliss-reactive ketones (excluding diaryl/α,β-unsaturated/α-hetero) is 1. The summed E-state index contributed by atoms with van der Waals surface area (Å²) in [5.74, 6) is -0.539. The Hall–Kier alpha value is -1.36. The lowest BCUT2D eigenvalue weighted by atomic mass is 10.1. The summed E-state index contributed by atoms with van der Waals surface area (Å²) in [6, 6.07) is 11.7. The first-order valence-electron chi connectivity index (χ1n) is 6.88. The Kier molecular flexibility index (Phi) is 6.63. The number of benzene rings is 2. The van der Waals surface area contributed by atoms with E-state index in [4.69, 9.17) is 27.9 Å². The molecule has 0 unspecified atom stereocenters. The maximum absolute atomic E-state index is 12.0. The highest BCUT2D eigenvalue weighted by molar-refractivity contribution is 9.10. The van der Waals surface area contributed by atoms with Gasteiger partial charge in [0, 0.05) is 21.5 Å². The van der Waals surface area contributed by atoms with Crippen LogP contribution in [-0.4, -0.2) is 18.4 Å². The molecular formula is C17H13BrCl2O3. The van der Waals surface area contributed by atoms with E-state index >= 15 is 0 Å². The third-order valence-corrected chi connectivity index (χ3v) is 4.19. The molecule has 2 aromatic carbocycles. The van der Waals surface area contributed by atoms with Gasteiger partial charge < -0.3 is 4.74 Å². The average Bonchev–Trinajstić information content (AvgIpc) is 2.54. The second kappa shape index (κ2) is 8.48. The van der Waals surface area contributed by atoms with E-state index in [9.17, 15) is 9.59 Å². The van der Waals surface area contributed by atoms with Crippen LogP contribution in [0.25, 0.3) is 0 Å². The van der Waals surface area contributed by atoms with Crippen LogP contribution in [0, 0.1) is 0 Å². The van der Waals surface area contributed by atoms with Crippen LogP contribution >= 0.6 is 39.1 Å². The molecule has 0 spiro atoms. The second-order valence-corrected chi connectivity index (χ2v) is 6.55. The minimum Gasteiger partial charge on any atom is -0.462 e. The van der Waals surface area contributed by atoms with E-state index < -0.39 is 5.97 Å². The van der Waals surface area contributed by atoms with Crippen LogP contribution in [0.3, 0.4) is 0 Å². The van der Waals surface area contributed by atoms with E-state index in [0.29, 0.717) is 23.4 Å². The van der Waals surface area contributed by atoms with Crippen molar-refractivity contribution in [3.05, 3.63) is 68.1 Å². The summed E-state index contributed by atoms with van der Waals surface area (Å²) >= 11 is 15.1. The molecule has 0 fully saturated rings. The van der Waals surface area contributed by atoms with Gasteiger partial charge in [-0.25, -0.2) is 4.79 Å². The summed E-state index contributed by atoms with van der Waals surface area (Å²) in [6.45, 7) is 0.143. The van der Waals surface area contributed by atoms with Crippen LogP contribution in [0.5, 0.6) is 0 Å². The number of rotatable bonds is 6. The summed E-state index contributed by atoms with van der Waals surface area (Å²) in [5, 5.41) is 0.692. The Bertz CT molecular complexity index is 714. The van der Waals surface area contributed by atoms with Gasteiger partial charge in [0.25, 0.3) is 0 Å². The molecule has 2 aromatic rings. The Morgan fingerprint density at radius 1 is 1.04 bits per heavy atom. The minimum absolute atomic E-state index is 0.00865. The normalized spacial score (nSPS) is 10.4. The number of carbonyl (C=O) groups is 2. The van der Waals surface area contributed by atoms with Crippen LogP contribution < -0.4 is 0 Å². The topological polar surface area (TPSA) is 43.4 Å². The van der Waals surface area contributed by atoms with Crippen molar-refractivity contribution in [3.63, 3.8) is 0 Å². The van der Waals surface area contributed by atoms with Gasteiger partial charge in [-0.1, -0.05) is 51.3 Å². The maximum Gasteiger partial charge on any atom is 0.339 e. The van der Waals surface area contributed by atoms with E-state index in [2.05, 4.69) is 15.9 Å². The largest absolute Gasteiger partial charge is 0.462 e. The van der Waals surface area contributed by atoms with Crippen molar-refractivity contribution in [2.75, 3.05) is 6.61 Å². The molecule has 0 heterocycles. The predicted molar refractivity (Wildman–Crippen MR) is 94.5 cm³/mol. The molecule has 0 atom stereocenters. The molecule has 0 bridgehead atoms. The molecule has 0 N–H and O–H groups in total. The molecule has 0 radical (unpaired) electrons. The van der Waals surface area contributed by atoms with E-state index in [0.717, 1.165) is 4.47 Å². The van der Waals surface area contributed by atoms with Crippen molar-refractivity contribution in [1.82, 2.24) is 0 Å². The molecule has 120 valence electrons. The first-order chi connectivity index (χ1) is 11.0. The fourth-order valence-corrected chi connectivity index (χ4v) is 2.54. The molecule has 3 nitrogen and oxygen atoms in total. The number of ether oxygens (including phenoxy) is 1. The van der Waals surface area contributed by atoms with Crippen LogP contribution in [0.4, 0.5) is 0 Å². The Morgan fingerprint density at radius 3 is 2.43 bits per heavy atom. The molecular weight excluding hydrogens is 403 g/mol. The molecule has 0 saturated heterocycles. The Labute approximate surface area is 152 Å². The highest BCUT2D eigenvalue weighted by Gasteiger charge is 2.13. The van der Waals surface area contributed by atoms with E-state index in [1.165, 1.54) is 12.1 Å². The summed E-state index contributed by atoms with van der Waals surface area (Å²) < 4.78 is 6.05. The van der Waals surface area contributed by atoms with Crippen molar-refractivity contribution >= 4 is 50.9 Å². The minimum atomic E-state index is -0.548. The van der Waals surface area contributed by atoms with Crippen LogP contribution in [0.15, 0.2) is 46.9 Å². The summed E-state index contributed by atoms with van der Waals surface area (Å²) in [5.41, 5.74) is 0.857. The van der Waals surface area contributed by atoms with Crippen LogP contribution in [0.2, 0.25) is 10.0 Å². The highest BCUT2D eigenvalue weighted by atomic mass is 79.9. The SMILES string of the molecule is O=C(CCCOC(=O)c1cc(Cl)ccc1Cl)c1ccc(Br)cc1. The maximum atomic E-state index is 12.0. The van der Waals surface area contributed by atoms with Gasteiger partial charge in [0.1, 0.15) is 0 Å². The van der Waals surface area contributed by atoms with Gasteiger partial charge in [-0.05, 0) is 36.8 Å². The zero-order chi connectivity index (χ0) is 16.8. The monoisotopic (exact) mass is 414 g/mol. The third kappa shape index (κ3) is 5.34. The number of ketones is 1. The number of hydrogen-bond donors (Lipinski definition) is 0. The zero-order valence-corrected chi connectivity index (χ0v) is 15.1. The van der Waals surface area contributed by atoms with Crippen LogP contribution in [-0.2, 0) is 4.74 Å². The standard InChI is InChI=1S/C17H13BrCl2O3/c18-12-5-3-11(4-6-12)16(21)2-1-9-23-17(22)14-10-13(19)7-8-15(14)20/h3-8,10H,1-2,9H2. The number of halogens is 3. The molecule has 2 rings (SSSR count). The molecule has 0 saturated carbocycles. The number of esters is 1. The molecule has 6 heteroatoms. The van der Waals surface area contributed by atoms with E-state index in [-0.39, 0.29) is 23.0 Å². The quantitative estimate of drug-likeness (QED) is 0.351. The summed E-state index contributed by atoms with van der Waals surface area (Å²) in [6.07, 6.45) is 0.747. The Balaban J connectivity index is 1.81. The lowest BCUT2D eigenvalue weighted by Gasteiger charge is -2.06. The molecule has 0 aromatic heterocycles. The summed E-state index contributed by atoms with van der Waals surface area (Å²) in [4.78, 5) is 23.9. The molecule has 0 aliphatic heterocycles. The fraction of sp³-hybridized carbons (Fsp3) is 0.176. The third-order valence-electron chi connectivity index (χ3n) is 3.10. The van der Waals surface area contributed by atoms with Crippen molar-refractivity contribution < 1.29 is 14.3 Å². The van der Waals surface area contributed by atoms with E-state index in [1.54, 1.807) is 18.2 Å². The second-order valence-electron chi connectivity index (χ2n) is 4.79. The molecule has 0 amide bonds. The van der Waals surface area contributed by atoms with Gasteiger partial charge >= 0.3 is 5.97 Å². The van der Waals surface area contributed by atoms with Crippen molar-refractivity contribution in [1.29, 1.82) is 0 Å². The average molecular weight is 416 g/mol. The van der Waals surface area contributed by atoms with Gasteiger partial charge in [-0.2, -0.15) is 0 Å². The molecule has 0 aliphatic rings. The van der Waals surface area contributed by atoms with Gasteiger partial charge in [0.15, 0.2) is 5.78 Å². The smallest absolute Gasteiger partial charge is 0.339 e. The van der Waals surface area contributed by atoms with Gasteiger partial charge in [0.05, 0.1) is 17.2 Å². The Morgan fingerprint density at radius 2 is 1.74 bits per heavy atom. The van der Waals surface area contributed by atoms with Crippen LogP contribution in [0.1, 0.15) is 33.6 Å². The first kappa shape index (κ1) is 18.0. The molecule has 23 heavy (non-hydrogen) atoms. The van der Waals surface area contributed by atoms with Crippen molar-refractivity contribution in [3.8, 4) is 0 Å².